The summed E-state index contributed by atoms with van der Waals surface area (Å²) >= 11 is 1.84. The molecule has 4 aromatic rings. The van der Waals surface area contributed by atoms with Gasteiger partial charge in [-0.1, -0.05) is 36.4 Å². The fraction of sp³-hybridized carbons (Fsp3) is 0.407. The molecular formula is C27H30N4OS. The van der Waals surface area contributed by atoms with E-state index in [4.69, 9.17) is 9.97 Å². The summed E-state index contributed by atoms with van der Waals surface area (Å²) in [6.07, 6.45) is 4.79. The highest BCUT2D eigenvalue weighted by Gasteiger charge is 2.32. The maximum atomic E-state index is 10.8. The Morgan fingerprint density at radius 3 is 2.82 bits per heavy atom. The van der Waals surface area contributed by atoms with Crippen LogP contribution in [0.1, 0.15) is 63.8 Å². The van der Waals surface area contributed by atoms with E-state index >= 15 is 0 Å². The zero-order valence-corrected chi connectivity index (χ0v) is 20.0. The number of aliphatic hydroxyl groups excluding tert-OH is 1. The quantitative estimate of drug-likeness (QED) is 0.450. The molecule has 0 amide bonds. The van der Waals surface area contributed by atoms with Gasteiger partial charge in [0, 0.05) is 24.0 Å². The van der Waals surface area contributed by atoms with Gasteiger partial charge in [0.05, 0.1) is 33.8 Å². The molecule has 6 rings (SSSR count). The second-order valence-electron chi connectivity index (χ2n) is 9.59. The first kappa shape index (κ1) is 21.0. The number of nitrogens with one attached hydrogen (secondary N) is 1. The molecule has 33 heavy (non-hydrogen) atoms. The average Bonchev–Trinajstić information content (AvgIpc) is 3.58. The smallest absolute Gasteiger partial charge is 0.118 e. The Morgan fingerprint density at radius 1 is 1.12 bits per heavy atom. The summed E-state index contributed by atoms with van der Waals surface area (Å²) in [7, 11) is 2.13. The first-order chi connectivity index (χ1) is 16.1. The van der Waals surface area contributed by atoms with Crippen molar-refractivity contribution >= 4 is 22.4 Å². The van der Waals surface area contributed by atoms with Crippen molar-refractivity contribution in [1.82, 2.24) is 19.9 Å². The Morgan fingerprint density at radius 2 is 1.97 bits per heavy atom. The third-order valence-corrected chi connectivity index (χ3v) is 8.44. The van der Waals surface area contributed by atoms with Crippen LogP contribution >= 0.6 is 11.3 Å². The number of rotatable bonds is 5. The highest BCUT2D eigenvalue weighted by atomic mass is 32.1. The number of aryl methyl sites for hydroxylation is 3. The van der Waals surface area contributed by atoms with Crippen molar-refractivity contribution in [3.8, 4) is 0 Å². The van der Waals surface area contributed by atoms with E-state index < -0.39 is 6.10 Å². The van der Waals surface area contributed by atoms with Crippen LogP contribution in [-0.4, -0.2) is 31.7 Å². The summed E-state index contributed by atoms with van der Waals surface area (Å²) in [5, 5.41) is 15.6. The molecule has 0 bridgehead atoms. The third kappa shape index (κ3) is 3.80. The molecule has 1 aliphatic heterocycles. The van der Waals surface area contributed by atoms with Crippen molar-refractivity contribution in [2.75, 3.05) is 0 Å². The minimum atomic E-state index is -0.456. The van der Waals surface area contributed by atoms with Crippen LogP contribution in [0.3, 0.4) is 0 Å². The minimum absolute atomic E-state index is 0.112. The van der Waals surface area contributed by atoms with Crippen molar-refractivity contribution in [2.24, 2.45) is 7.05 Å². The molecule has 3 heterocycles. The van der Waals surface area contributed by atoms with Gasteiger partial charge in [-0.3, -0.25) is 0 Å². The van der Waals surface area contributed by atoms with Crippen LogP contribution in [0.4, 0.5) is 0 Å². The fourth-order valence-electron chi connectivity index (χ4n) is 5.73. The number of hydrogen-bond acceptors (Lipinski definition) is 5. The first-order valence-electron chi connectivity index (χ1n) is 12.0. The molecule has 0 radical (unpaired) electrons. The predicted octanol–water partition coefficient (Wildman–Crippen LogP) is 4.81. The highest BCUT2D eigenvalue weighted by Crippen LogP contribution is 2.40. The molecule has 6 heteroatoms. The van der Waals surface area contributed by atoms with E-state index in [-0.39, 0.29) is 6.04 Å². The number of aromatic nitrogens is 3. The van der Waals surface area contributed by atoms with Crippen molar-refractivity contribution in [1.29, 1.82) is 0 Å². The maximum absolute atomic E-state index is 10.8. The molecule has 2 aromatic heterocycles. The van der Waals surface area contributed by atoms with Crippen LogP contribution in [0.15, 0.2) is 48.5 Å². The number of thiazole rings is 1. The van der Waals surface area contributed by atoms with Gasteiger partial charge < -0.3 is 15.0 Å². The summed E-state index contributed by atoms with van der Waals surface area (Å²) in [6.45, 7) is 2.10. The van der Waals surface area contributed by atoms with Crippen molar-refractivity contribution < 1.29 is 5.11 Å². The molecule has 2 aromatic carbocycles. The van der Waals surface area contributed by atoms with Gasteiger partial charge in [-0.05, 0) is 62.3 Å². The minimum Gasteiger partial charge on any atom is -0.387 e. The van der Waals surface area contributed by atoms with Gasteiger partial charge in [0.25, 0.3) is 0 Å². The molecule has 4 atom stereocenters. The molecule has 170 valence electrons. The topological polar surface area (TPSA) is 63.0 Å². The van der Waals surface area contributed by atoms with Gasteiger partial charge >= 0.3 is 0 Å². The van der Waals surface area contributed by atoms with Gasteiger partial charge in [0.2, 0.25) is 0 Å². The molecule has 0 spiro atoms. The Kier molecular flexibility index (Phi) is 5.32. The summed E-state index contributed by atoms with van der Waals surface area (Å²) in [6, 6.07) is 17.2. The van der Waals surface area contributed by atoms with Crippen LogP contribution in [-0.2, 0) is 19.9 Å². The molecular weight excluding hydrogens is 428 g/mol. The van der Waals surface area contributed by atoms with Crippen LogP contribution in [0.2, 0.25) is 0 Å². The van der Waals surface area contributed by atoms with Gasteiger partial charge in [0.15, 0.2) is 0 Å². The van der Waals surface area contributed by atoms with E-state index in [1.54, 1.807) is 0 Å². The van der Waals surface area contributed by atoms with E-state index in [1.165, 1.54) is 21.7 Å². The van der Waals surface area contributed by atoms with Gasteiger partial charge in [-0.15, -0.1) is 11.3 Å². The summed E-state index contributed by atoms with van der Waals surface area (Å²) in [4.78, 5) is 11.3. The van der Waals surface area contributed by atoms with Gasteiger partial charge in [-0.25, -0.2) is 9.97 Å². The number of benzene rings is 2. The maximum Gasteiger partial charge on any atom is 0.118 e. The fourth-order valence-corrected chi connectivity index (χ4v) is 6.74. The predicted molar refractivity (Wildman–Crippen MR) is 133 cm³/mol. The lowest BCUT2D eigenvalue weighted by molar-refractivity contribution is 0.135. The largest absolute Gasteiger partial charge is 0.387 e. The summed E-state index contributed by atoms with van der Waals surface area (Å²) in [5.41, 5.74) is 5.80. The van der Waals surface area contributed by atoms with Crippen LogP contribution in [0, 0.1) is 6.92 Å². The van der Waals surface area contributed by atoms with Crippen molar-refractivity contribution in [2.45, 2.75) is 63.1 Å². The summed E-state index contributed by atoms with van der Waals surface area (Å²) < 4.78 is 2.26. The SMILES string of the molecule is Cc1nc2c(s1)CC[C@@H]2c1nc2cc(C[C@@H]3CC[C@H]([C@H](O)c4ccccc4)N3)ccc2n1C. The Hall–Kier alpha value is -2.54. The Balaban J connectivity index is 1.19. The number of aliphatic hydroxyl groups is 1. The third-order valence-electron chi connectivity index (χ3n) is 7.40. The van der Waals surface area contributed by atoms with E-state index in [2.05, 4.69) is 42.1 Å². The molecule has 5 nitrogen and oxygen atoms in total. The molecule has 2 N–H and O–H groups in total. The van der Waals surface area contributed by atoms with Gasteiger partial charge in [0.1, 0.15) is 5.82 Å². The first-order valence-corrected chi connectivity index (χ1v) is 12.8. The number of hydrogen-bond donors (Lipinski definition) is 2. The number of imidazole rings is 1. The summed E-state index contributed by atoms with van der Waals surface area (Å²) in [5.74, 6) is 1.44. The normalized spacial score (nSPS) is 23.3. The van der Waals surface area contributed by atoms with Crippen LogP contribution < -0.4 is 5.32 Å². The molecule has 1 saturated heterocycles. The number of fused-ring (bicyclic) bond motifs is 2. The standard InChI is InChI=1S/C27H30N4OS/c1-16-28-25-20(10-13-24(25)33-16)27-30-22-15-17(8-12-23(22)31(27)2)14-19-9-11-21(29-19)26(32)18-6-4-3-5-7-18/h3-8,12,15,19-21,26,29,32H,9-11,13-14H2,1-2H3/t19-,20-,21+,26+/m0/s1. The monoisotopic (exact) mass is 458 g/mol. The van der Waals surface area contributed by atoms with Crippen molar-refractivity contribution in [3.63, 3.8) is 0 Å². The second-order valence-corrected chi connectivity index (χ2v) is 10.9. The number of nitrogens with zero attached hydrogens (tertiary/aromatic N) is 3. The Labute approximate surface area is 198 Å². The van der Waals surface area contributed by atoms with Crippen molar-refractivity contribution in [3.05, 3.63) is 81.1 Å². The molecule has 2 aliphatic rings. The lowest BCUT2D eigenvalue weighted by atomic mass is 10.0. The lowest BCUT2D eigenvalue weighted by Crippen LogP contribution is -2.35. The molecule has 0 unspecified atom stereocenters. The van der Waals surface area contributed by atoms with E-state index in [0.29, 0.717) is 12.0 Å². The lowest BCUT2D eigenvalue weighted by Gasteiger charge is -2.20. The highest BCUT2D eigenvalue weighted by molar-refractivity contribution is 7.11. The van der Waals surface area contributed by atoms with Gasteiger partial charge in [-0.2, -0.15) is 0 Å². The molecule has 0 saturated carbocycles. The zero-order valence-electron chi connectivity index (χ0n) is 19.2. The van der Waals surface area contributed by atoms with E-state index in [9.17, 15) is 5.11 Å². The average molecular weight is 459 g/mol. The van der Waals surface area contributed by atoms with E-state index in [0.717, 1.165) is 54.0 Å². The van der Waals surface area contributed by atoms with Crippen LogP contribution in [0.25, 0.3) is 11.0 Å². The van der Waals surface area contributed by atoms with E-state index in [1.807, 2.05) is 41.7 Å². The van der Waals surface area contributed by atoms with Crippen LogP contribution in [0.5, 0.6) is 0 Å². The second kappa shape index (κ2) is 8.35. The molecule has 1 aliphatic carbocycles. The molecule has 1 fully saturated rings. The Bertz CT molecular complexity index is 1290. The zero-order chi connectivity index (χ0) is 22.5.